The lowest BCUT2D eigenvalue weighted by Gasteiger charge is -1.97. The van der Waals surface area contributed by atoms with Crippen molar-refractivity contribution >= 4 is 11.3 Å². The highest BCUT2D eigenvalue weighted by Crippen LogP contribution is 2.20. The van der Waals surface area contributed by atoms with Gasteiger partial charge in [-0.2, -0.15) is 15.4 Å². The van der Waals surface area contributed by atoms with Gasteiger partial charge in [-0.15, -0.1) is 11.3 Å². The molecule has 2 N–H and O–H groups in total. The predicted octanol–water partition coefficient (Wildman–Crippen LogP) is 1.43. The van der Waals surface area contributed by atoms with Gasteiger partial charge in [-0.25, -0.2) is 4.98 Å². The van der Waals surface area contributed by atoms with Gasteiger partial charge in [-0.05, 0) is 13.0 Å². The Morgan fingerprint density at radius 1 is 1.53 bits per heavy atom. The first kappa shape index (κ1) is 10.3. The summed E-state index contributed by atoms with van der Waals surface area (Å²) in [5.74, 6) is 0. The summed E-state index contributed by atoms with van der Waals surface area (Å²) in [6, 6.07) is 0. The second kappa shape index (κ2) is 4.99. The van der Waals surface area contributed by atoms with E-state index >= 15 is 0 Å². The molecule has 0 fully saturated rings. The number of thiazole rings is 1. The number of hydrogen-bond donors (Lipinski definition) is 2. The van der Waals surface area contributed by atoms with Crippen molar-refractivity contribution in [3.8, 4) is 10.7 Å². The van der Waals surface area contributed by atoms with Gasteiger partial charge in [0.05, 0.1) is 11.9 Å². The highest BCUT2D eigenvalue weighted by atomic mass is 32.1. The predicted molar refractivity (Wildman–Crippen MR) is 59.5 cm³/mol. The lowest BCUT2D eigenvalue weighted by molar-refractivity contribution is 0.667. The van der Waals surface area contributed by atoms with Crippen molar-refractivity contribution in [3.05, 3.63) is 17.3 Å². The van der Waals surface area contributed by atoms with Crippen molar-refractivity contribution in [2.45, 2.75) is 19.9 Å². The van der Waals surface area contributed by atoms with Crippen LogP contribution in [0.2, 0.25) is 0 Å². The molecule has 5 nitrogen and oxygen atoms in total. The lowest BCUT2D eigenvalue weighted by Crippen LogP contribution is -2.13. The Morgan fingerprint density at radius 2 is 2.47 bits per heavy atom. The number of H-pyrrole nitrogens is 1. The van der Waals surface area contributed by atoms with Gasteiger partial charge in [-0.1, -0.05) is 6.92 Å². The Bertz CT molecular complexity index is 394. The molecule has 0 bridgehead atoms. The van der Waals surface area contributed by atoms with Gasteiger partial charge in [0.2, 0.25) is 0 Å². The summed E-state index contributed by atoms with van der Waals surface area (Å²) in [6.45, 7) is 3.99. The van der Waals surface area contributed by atoms with Crippen LogP contribution in [-0.2, 0) is 6.54 Å². The average molecular weight is 223 g/mol. The molecule has 0 aliphatic carbocycles. The van der Waals surface area contributed by atoms with Crippen LogP contribution in [0.5, 0.6) is 0 Å². The van der Waals surface area contributed by atoms with E-state index in [0.29, 0.717) is 0 Å². The van der Waals surface area contributed by atoms with Crippen molar-refractivity contribution < 1.29 is 0 Å². The number of nitrogens with one attached hydrogen (secondary N) is 2. The standard InChI is InChI=1S/C9H13N5S/c1-2-3-10-4-7-6-15-9(12-7)8-5-11-14-13-8/h5-6,10H,2-4H2,1H3,(H,11,13,14). The van der Waals surface area contributed by atoms with Crippen LogP contribution in [0.1, 0.15) is 19.0 Å². The van der Waals surface area contributed by atoms with Gasteiger partial charge < -0.3 is 5.32 Å². The van der Waals surface area contributed by atoms with Crippen molar-refractivity contribution in [2.24, 2.45) is 0 Å². The van der Waals surface area contributed by atoms with Crippen LogP contribution < -0.4 is 5.32 Å². The summed E-state index contributed by atoms with van der Waals surface area (Å²) in [7, 11) is 0. The molecule has 15 heavy (non-hydrogen) atoms. The first-order valence-corrected chi connectivity index (χ1v) is 5.79. The van der Waals surface area contributed by atoms with E-state index in [2.05, 4.69) is 32.6 Å². The molecule has 0 atom stereocenters. The minimum absolute atomic E-state index is 0.807. The Labute approximate surface area is 91.9 Å². The minimum Gasteiger partial charge on any atom is -0.311 e. The fourth-order valence-corrected chi connectivity index (χ4v) is 1.98. The second-order valence-corrected chi connectivity index (χ2v) is 4.03. The molecule has 0 saturated carbocycles. The van der Waals surface area contributed by atoms with E-state index in [-0.39, 0.29) is 0 Å². The molecule has 0 aromatic carbocycles. The molecular weight excluding hydrogens is 210 g/mol. The third-order valence-electron chi connectivity index (χ3n) is 1.92. The molecule has 2 aromatic rings. The molecular formula is C9H13N5S. The molecule has 80 valence electrons. The van der Waals surface area contributed by atoms with E-state index in [1.54, 1.807) is 17.5 Å². The second-order valence-electron chi connectivity index (χ2n) is 3.18. The maximum atomic E-state index is 4.46. The maximum Gasteiger partial charge on any atom is 0.145 e. The summed E-state index contributed by atoms with van der Waals surface area (Å²) < 4.78 is 0. The first-order chi connectivity index (χ1) is 7.40. The van der Waals surface area contributed by atoms with Gasteiger partial charge in [0.15, 0.2) is 0 Å². The molecule has 2 heterocycles. The third-order valence-corrected chi connectivity index (χ3v) is 2.83. The molecule has 2 aromatic heterocycles. The monoisotopic (exact) mass is 223 g/mol. The molecule has 0 aliphatic heterocycles. The fraction of sp³-hybridized carbons (Fsp3) is 0.444. The van der Waals surface area contributed by atoms with Gasteiger partial charge in [0, 0.05) is 11.9 Å². The molecule has 6 heteroatoms. The van der Waals surface area contributed by atoms with Crippen molar-refractivity contribution in [2.75, 3.05) is 6.54 Å². The van der Waals surface area contributed by atoms with E-state index in [0.717, 1.165) is 35.9 Å². The van der Waals surface area contributed by atoms with E-state index in [1.807, 2.05) is 5.38 Å². The number of hydrogen-bond acceptors (Lipinski definition) is 5. The van der Waals surface area contributed by atoms with E-state index in [4.69, 9.17) is 0 Å². The highest BCUT2D eigenvalue weighted by Gasteiger charge is 2.06. The normalized spacial score (nSPS) is 10.7. The Morgan fingerprint density at radius 3 is 3.20 bits per heavy atom. The quantitative estimate of drug-likeness (QED) is 0.752. The van der Waals surface area contributed by atoms with Gasteiger partial charge >= 0.3 is 0 Å². The third kappa shape index (κ3) is 2.60. The molecule has 2 rings (SSSR count). The van der Waals surface area contributed by atoms with Gasteiger partial charge in [-0.3, -0.25) is 0 Å². The van der Waals surface area contributed by atoms with Crippen LogP contribution in [0.4, 0.5) is 0 Å². The fourth-order valence-electron chi connectivity index (χ4n) is 1.20. The Balaban J connectivity index is 1.98. The molecule has 0 saturated heterocycles. The van der Waals surface area contributed by atoms with Gasteiger partial charge in [0.25, 0.3) is 0 Å². The largest absolute Gasteiger partial charge is 0.311 e. The summed E-state index contributed by atoms with van der Waals surface area (Å²) >= 11 is 1.59. The van der Waals surface area contributed by atoms with Gasteiger partial charge in [0.1, 0.15) is 10.7 Å². The Hall–Kier alpha value is -1.27. The molecule has 0 amide bonds. The number of nitrogens with zero attached hydrogens (tertiary/aromatic N) is 3. The number of aromatic nitrogens is 4. The number of aromatic amines is 1. The molecule has 0 spiro atoms. The average Bonchev–Trinajstić information content (AvgIpc) is 2.87. The molecule has 0 unspecified atom stereocenters. The van der Waals surface area contributed by atoms with Crippen LogP contribution >= 0.6 is 11.3 Å². The van der Waals surface area contributed by atoms with Crippen LogP contribution in [0.25, 0.3) is 10.7 Å². The summed E-state index contributed by atoms with van der Waals surface area (Å²) in [5.41, 5.74) is 1.87. The Kier molecular flexibility index (Phi) is 3.41. The topological polar surface area (TPSA) is 66.5 Å². The van der Waals surface area contributed by atoms with E-state index in [9.17, 15) is 0 Å². The zero-order chi connectivity index (χ0) is 10.5. The van der Waals surface area contributed by atoms with Crippen molar-refractivity contribution in [3.63, 3.8) is 0 Å². The first-order valence-electron chi connectivity index (χ1n) is 4.91. The summed E-state index contributed by atoms with van der Waals surface area (Å²) in [6.07, 6.45) is 2.82. The zero-order valence-electron chi connectivity index (χ0n) is 8.53. The molecule has 0 radical (unpaired) electrons. The van der Waals surface area contributed by atoms with Crippen LogP contribution in [0, 0.1) is 0 Å². The SMILES string of the molecule is CCCNCc1csc(-c2cn[nH]n2)n1. The van der Waals surface area contributed by atoms with Crippen LogP contribution in [-0.4, -0.2) is 26.9 Å². The van der Waals surface area contributed by atoms with E-state index < -0.39 is 0 Å². The summed E-state index contributed by atoms with van der Waals surface area (Å²) in [5, 5.41) is 16.6. The summed E-state index contributed by atoms with van der Waals surface area (Å²) in [4.78, 5) is 4.46. The van der Waals surface area contributed by atoms with Crippen molar-refractivity contribution in [1.29, 1.82) is 0 Å². The lowest BCUT2D eigenvalue weighted by atomic mass is 10.4. The van der Waals surface area contributed by atoms with Crippen molar-refractivity contribution in [1.82, 2.24) is 25.7 Å². The molecule has 0 aliphatic rings. The van der Waals surface area contributed by atoms with Crippen LogP contribution in [0.3, 0.4) is 0 Å². The maximum absolute atomic E-state index is 4.46. The zero-order valence-corrected chi connectivity index (χ0v) is 9.34. The van der Waals surface area contributed by atoms with E-state index in [1.165, 1.54) is 0 Å². The number of rotatable bonds is 5. The minimum atomic E-state index is 0.807. The highest BCUT2D eigenvalue weighted by molar-refractivity contribution is 7.13. The smallest absolute Gasteiger partial charge is 0.145 e. The van der Waals surface area contributed by atoms with Crippen LogP contribution in [0.15, 0.2) is 11.6 Å².